The highest BCUT2D eigenvalue weighted by atomic mass is 16.3. The summed E-state index contributed by atoms with van der Waals surface area (Å²) in [5.74, 6) is 2.14. The molecule has 106 valence electrons. The first-order valence-electron chi connectivity index (χ1n) is 7.13. The summed E-state index contributed by atoms with van der Waals surface area (Å²) in [5.41, 5.74) is 3.25. The number of rotatable bonds is 2. The van der Waals surface area contributed by atoms with Gasteiger partial charge in [-0.15, -0.1) is 0 Å². The number of aromatic nitrogens is 1. The highest BCUT2D eigenvalue weighted by molar-refractivity contribution is 5.99. The molecule has 1 aliphatic carbocycles. The lowest BCUT2D eigenvalue weighted by molar-refractivity contribution is 0.0910. The Hall–Kier alpha value is -1.77. The van der Waals surface area contributed by atoms with E-state index in [-0.39, 0.29) is 11.2 Å². The predicted molar refractivity (Wildman–Crippen MR) is 78.1 cm³/mol. The van der Waals surface area contributed by atoms with Gasteiger partial charge in [-0.2, -0.15) is 0 Å². The second-order valence-corrected chi connectivity index (χ2v) is 6.69. The Balaban J connectivity index is 2.02. The average Bonchev–Trinajstić information content (AvgIpc) is 2.86. The van der Waals surface area contributed by atoms with Crippen LogP contribution in [-0.2, 0) is 13.0 Å². The van der Waals surface area contributed by atoms with Gasteiger partial charge in [0.25, 0.3) is 0 Å². The van der Waals surface area contributed by atoms with Crippen LogP contribution in [0.2, 0.25) is 0 Å². The van der Waals surface area contributed by atoms with E-state index in [1.165, 1.54) is 0 Å². The minimum absolute atomic E-state index is 0.0473. The van der Waals surface area contributed by atoms with Crippen molar-refractivity contribution in [3.8, 4) is 0 Å². The molecule has 0 N–H and O–H groups in total. The summed E-state index contributed by atoms with van der Waals surface area (Å²) in [6.45, 7) is 9.05. The molecule has 0 bridgehead atoms. The van der Waals surface area contributed by atoms with Gasteiger partial charge < -0.3 is 8.98 Å². The molecule has 3 heteroatoms. The van der Waals surface area contributed by atoms with E-state index in [0.29, 0.717) is 13.0 Å². The van der Waals surface area contributed by atoms with Crippen molar-refractivity contribution in [3.63, 3.8) is 0 Å². The average molecular weight is 271 g/mol. The molecule has 3 nitrogen and oxygen atoms in total. The van der Waals surface area contributed by atoms with E-state index in [2.05, 4.69) is 25.3 Å². The molecule has 0 aliphatic heterocycles. The zero-order chi connectivity index (χ0) is 14.5. The quantitative estimate of drug-likeness (QED) is 0.830. The summed E-state index contributed by atoms with van der Waals surface area (Å²) in [7, 11) is 0. The molecule has 2 heterocycles. The molecule has 0 amide bonds. The third-order valence-corrected chi connectivity index (χ3v) is 4.11. The maximum absolute atomic E-state index is 12.3. The predicted octanol–water partition coefficient (Wildman–Crippen LogP) is 3.90. The third-order valence-electron chi connectivity index (χ3n) is 4.11. The van der Waals surface area contributed by atoms with Gasteiger partial charge in [0.2, 0.25) is 0 Å². The number of carbonyl (C=O) groups is 1. The van der Waals surface area contributed by atoms with Gasteiger partial charge in [-0.25, -0.2) is 0 Å². The Bertz CT molecular complexity index is 673. The van der Waals surface area contributed by atoms with Crippen molar-refractivity contribution in [3.05, 3.63) is 46.7 Å². The number of carbonyl (C=O) groups excluding carboxylic acids is 1. The number of ketones is 1. The van der Waals surface area contributed by atoms with Crippen molar-refractivity contribution < 1.29 is 9.21 Å². The van der Waals surface area contributed by atoms with E-state index < -0.39 is 0 Å². The van der Waals surface area contributed by atoms with E-state index in [9.17, 15) is 4.79 Å². The molecular weight excluding hydrogens is 250 g/mol. The second kappa shape index (κ2) is 4.37. The molecule has 0 radical (unpaired) electrons. The second-order valence-electron chi connectivity index (χ2n) is 6.69. The van der Waals surface area contributed by atoms with Gasteiger partial charge in [0.05, 0.1) is 6.54 Å². The fraction of sp³-hybridized carbons (Fsp3) is 0.471. The summed E-state index contributed by atoms with van der Waals surface area (Å²) in [5, 5.41) is 0. The molecule has 20 heavy (non-hydrogen) atoms. The van der Waals surface area contributed by atoms with Crippen LogP contribution in [0.5, 0.6) is 0 Å². The molecule has 0 fully saturated rings. The largest absolute Gasteiger partial charge is 0.464 e. The zero-order valence-corrected chi connectivity index (χ0v) is 12.6. The van der Waals surface area contributed by atoms with Crippen LogP contribution in [-0.4, -0.2) is 10.4 Å². The molecule has 0 aromatic carbocycles. The van der Waals surface area contributed by atoms with Gasteiger partial charge in [0, 0.05) is 23.4 Å². The molecule has 2 aromatic rings. The van der Waals surface area contributed by atoms with Crippen molar-refractivity contribution in [2.75, 3.05) is 0 Å². The van der Waals surface area contributed by atoms with Gasteiger partial charge in [-0.1, -0.05) is 13.8 Å². The number of aryl methyl sites for hydroxylation is 2. The summed E-state index contributed by atoms with van der Waals surface area (Å²) < 4.78 is 7.90. The highest BCUT2D eigenvalue weighted by Crippen LogP contribution is 2.36. The van der Waals surface area contributed by atoms with E-state index in [1.54, 1.807) is 0 Å². The molecule has 0 saturated heterocycles. The van der Waals surface area contributed by atoms with Crippen LogP contribution in [0.15, 0.2) is 22.6 Å². The zero-order valence-electron chi connectivity index (χ0n) is 12.6. The molecular formula is C17H21NO2. The minimum Gasteiger partial charge on any atom is -0.464 e. The van der Waals surface area contributed by atoms with E-state index >= 15 is 0 Å². The minimum atomic E-state index is 0.0473. The van der Waals surface area contributed by atoms with Crippen molar-refractivity contribution in [1.29, 1.82) is 0 Å². The molecule has 0 saturated carbocycles. The monoisotopic (exact) mass is 271 g/mol. The summed E-state index contributed by atoms with van der Waals surface area (Å²) in [6.07, 6.45) is 1.59. The van der Waals surface area contributed by atoms with Crippen LogP contribution in [0.25, 0.3) is 0 Å². The normalized spacial score (nSPS) is 17.3. The maximum atomic E-state index is 12.3. The Morgan fingerprint density at radius 2 is 2.00 bits per heavy atom. The van der Waals surface area contributed by atoms with E-state index in [4.69, 9.17) is 4.42 Å². The Morgan fingerprint density at radius 1 is 1.25 bits per heavy atom. The highest BCUT2D eigenvalue weighted by Gasteiger charge is 2.33. The van der Waals surface area contributed by atoms with Crippen molar-refractivity contribution in [2.24, 2.45) is 5.41 Å². The van der Waals surface area contributed by atoms with Gasteiger partial charge in [0.15, 0.2) is 5.78 Å². The molecule has 2 aromatic heterocycles. The number of furan rings is 1. The summed E-state index contributed by atoms with van der Waals surface area (Å²) in [6, 6.07) is 6.02. The first kappa shape index (κ1) is 13.2. The smallest absolute Gasteiger partial charge is 0.165 e. The summed E-state index contributed by atoms with van der Waals surface area (Å²) in [4.78, 5) is 12.3. The lowest BCUT2D eigenvalue weighted by Gasteiger charge is -2.29. The Kier molecular flexibility index (Phi) is 2.89. The fourth-order valence-electron chi connectivity index (χ4n) is 3.15. The SMILES string of the molecule is Cc1ccc(Cn2c(C)cc3c2CC(C)(C)CC3=O)o1. The van der Waals surface area contributed by atoms with Crippen LogP contribution in [0.3, 0.4) is 0 Å². The molecule has 0 unspecified atom stereocenters. The molecule has 1 aliphatic rings. The van der Waals surface area contributed by atoms with E-state index in [1.807, 2.05) is 25.1 Å². The van der Waals surface area contributed by atoms with Crippen molar-refractivity contribution >= 4 is 5.78 Å². The van der Waals surface area contributed by atoms with Crippen LogP contribution in [0, 0.1) is 19.3 Å². The van der Waals surface area contributed by atoms with E-state index in [0.717, 1.165) is 34.9 Å². The fourth-order valence-corrected chi connectivity index (χ4v) is 3.15. The number of nitrogens with zero attached hydrogens (tertiary/aromatic N) is 1. The lowest BCUT2D eigenvalue weighted by Crippen LogP contribution is -2.28. The number of fused-ring (bicyclic) bond motifs is 1. The first-order chi connectivity index (χ1) is 9.35. The van der Waals surface area contributed by atoms with Crippen LogP contribution in [0.1, 0.15) is 53.5 Å². The number of Topliss-reactive ketones (excluding diaryl/α,β-unsaturated/α-hetero) is 1. The third kappa shape index (κ3) is 2.21. The summed E-state index contributed by atoms with van der Waals surface area (Å²) >= 11 is 0. The van der Waals surface area contributed by atoms with Crippen LogP contribution in [0.4, 0.5) is 0 Å². The van der Waals surface area contributed by atoms with Gasteiger partial charge in [-0.3, -0.25) is 4.79 Å². The van der Waals surface area contributed by atoms with Crippen molar-refractivity contribution in [1.82, 2.24) is 4.57 Å². The number of hydrogen-bond acceptors (Lipinski definition) is 2. The van der Waals surface area contributed by atoms with Gasteiger partial charge >= 0.3 is 0 Å². The number of hydrogen-bond donors (Lipinski definition) is 0. The van der Waals surface area contributed by atoms with Gasteiger partial charge in [-0.05, 0) is 43.9 Å². The standard InChI is InChI=1S/C17H21NO2/c1-11-7-14-15(8-17(3,4)9-16(14)19)18(11)10-13-6-5-12(2)20-13/h5-7H,8-10H2,1-4H3. The Morgan fingerprint density at radius 3 is 2.65 bits per heavy atom. The molecule has 0 atom stereocenters. The molecule has 0 spiro atoms. The van der Waals surface area contributed by atoms with Crippen molar-refractivity contribution in [2.45, 2.75) is 47.1 Å². The lowest BCUT2D eigenvalue weighted by atomic mass is 9.76. The van der Waals surface area contributed by atoms with Gasteiger partial charge in [0.1, 0.15) is 11.5 Å². The topological polar surface area (TPSA) is 35.1 Å². The molecule has 3 rings (SSSR count). The van der Waals surface area contributed by atoms with Crippen LogP contribution >= 0.6 is 0 Å². The Labute approximate surface area is 119 Å². The first-order valence-corrected chi connectivity index (χ1v) is 7.13. The van der Waals surface area contributed by atoms with Crippen LogP contribution < -0.4 is 0 Å². The maximum Gasteiger partial charge on any atom is 0.165 e.